The Hall–Kier alpha value is -2.12. The minimum absolute atomic E-state index is 0.229. The highest BCUT2D eigenvalue weighted by Crippen LogP contribution is 2.46. The van der Waals surface area contributed by atoms with E-state index in [0.29, 0.717) is 12.0 Å². The summed E-state index contributed by atoms with van der Waals surface area (Å²) in [7, 11) is 0. The van der Waals surface area contributed by atoms with E-state index in [0.717, 1.165) is 47.4 Å². The Bertz CT molecular complexity index is 894. The van der Waals surface area contributed by atoms with Crippen LogP contribution in [0.25, 0.3) is 16.7 Å². The number of hydrogen-bond acceptors (Lipinski definition) is 6. The second kappa shape index (κ2) is 7.04. The van der Waals surface area contributed by atoms with Gasteiger partial charge in [-0.05, 0) is 44.6 Å². The number of nitrogens with one attached hydrogen (secondary N) is 2. The molecule has 3 N–H and O–H groups in total. The van der Waals surface area contributed by atoms with Crippen LogP contribution >= 0.6 is 0 Å². The number of aliphatic hydroxyl groups is 1. The predicted molar refractivity (Wildman–Crippen MR) is 108 cm³/mol. The molecular weight excluding hydrogens is 354 g/mol. The van der Waals surface area contributed by atoms with E-state index in [1.54, 1.807) is 0 Å². The van der Waals surface area contributed by atoms with Crippen LogP contribution in [-0.2, 0) is 11.4 Å². The summed E-state index contributed by atoms with van der Waals surface area (Å²) < 4.78 is 1.94. The fourth-order valence-electron chi connectivity index (χ4n) is 4.93. The summed E-state index contributed by atoms with van der Waals surface area (Å²) in [6.07, 6.45) is 14.1. The Morgan fingerprint density at radius 2 is 2.11 bits per heavy atom. The first kappa shape index (κ1) is 17.9. The molecule has 3 heterocycles. The maximum absolute atomic E-state index is 9.36. The highest BCUT2D eigenvalue weighted by Gasteiger charge is 2.47. The van der Waals surface area contributed by atoms with Crippen LogP contribution in [0.4, 0.5) is 5.69 Å². The molecule has 0 amide bonds. The van der Waals surface area contributed by atoms with Gasteiger partial charge < -0.3 is 10.4 Å². The van der Waals surface area contributed by atoms with Crippen molar-refractivity contribution in [3.8, 4) is 0 Å². The van der Waals surface area contributed by atoms with Crippen LogP contribution in [0.5, 0.6) is 0 Å². The van der Waals surface area contributed by atoms with Gasteiger partial charge >= 0.3 is 0 Å². The lowest BCUT2D eigenvalue weighted by molar-refractivity contribution is -0.119. The zero-order valence-electron chi connectivity index (χ0n) is 16.4. The molecule has 5 rings (SSSR count). The SMILES string of the molecule is CCn1ncc2c(NC3CCCCC3)c(C3=CC4(CC(CO)C4)ON3)cnc21. The largest absolute Gasteiger partial charge is 0.396 e. The minimum Gasteiger partial charge on any atom is -0.396 e. The van der Waals surface area contributed by atoms with Crippen molar-refractivity contribution >= 4 is 22.4 Å². The van der Waals surface area contributed by atoms with Gasteiger partial charge in [-0.3, -0.25) is 10.3 Å². The molecule has 0 atom stereocenters. The highest BCUT2D eigenvalue weighted by atomic mass is 16.7. The molecule has 0 aromatic carbocycles. The zero-order valence-corrected chi connectivity index (χ0v) is 16.4. The summed E-state index contributed by atoms with van der Waals surface area (Å²) in [5.74, 6) is 0.334. The van der Waals surface area contributed by atoms with E-state index < -0.39 is 0 Å². The van der Waals surface area contributed by atoms with Gasteiger partial charge in [0.25, 0.3) is 0 Å². The van der Waals surface area contributed by atoms with Crippen LogP contribution in [0.1, 0.15) is 57.4 Å². The number of aryl methyl sites for hydroxylation is 1. The summed E-state index contributed by atoms with van der Waals surface area (Å²) in [5, 5.41) is 18.8. The van der Waals surface area contributed by atoms with Gasteiger partial charge in [0.05, 0.1) is 23.0 Å². The van der Waals surface area contributed by atoms with E-state index in [9.17, 15) is 5.11 Å². The smallest absolute Gasteiger partial charge is 0.159 e. The number of anilines is 1. The second-order valence-electron chi connectivity index (χ2n) is 8.51. The van der Waals surface area contributed by atoms with E-state index >= 15 is 0 Å². The van der Waals surface area contributed by atoms with Crippen molar-refractivity contribution in [1.29, 1.82) is 0 Å². The number of rotatable bonds is 5. The summed E-state index contributed by atoms with van der Waals surface area (Å²) in [4.78, 5) is 10.6. The number of aromatic nitrogens is 3. The predicted octanol–water partition coefficient (Wildman–Crippen LogP) is 3.21. The number of nitrogens with zero attached hydrogens (tertiary/aromatic N) is 3. The van der Waals surface area contributed by atoms with Crippen LogP contribution in [0, 0.1) is 5.92 Å². The van der Waals surface area contributed by atoms with Crippen molar-refractivity contribution in [2.24, 2.45) is 5.92 Å². The van der Waals surface area contributed by atoms with E-state index in [4.69, 9.17) is 9.82 Å². The van der Waals surface area contributed by atoms with Gasteiger partial charge in [0, 0.05) is 31.0 Å². The molecule has 150 valence electrons. The third kappa shape index (κ3) is 2.97. The molecule has 0 unspecified atom stereocenters. The van der Waals surface area contributed by atoms with Gasteiger partial charge in [-0.1, -0.05) is 19.3 Å². The maximum atomic E-state index is 9.36. The van der Waals surface area contributed by atoms with Gasteiger partial charge in [0.15, 0.2) is 5.65 Å². The monoisotopic (exact) mass is 383 g/mol. The molecule has 0 saturated heterocycles. The van der Waals surface area contributed by atoms with E-state index in [1.807, 2.05) is 17.1 Å². The highest BCUT2D eigenvalue weighted by molar-refractivity contribution is 5.95. The second-order valence-corrected chi connectivity index (χ2v) is 8.51. The van der Waals surface area contributed by atoms with Crippen molar-refractivity contribution in [1.82, 2.24) is 20.2 Å². The van der Waals surface area contributed by atoms with Crippen LogP contribution in [0.3, 0.4) is 0 Å². The zero-order chi connectivity index (χ0) is 19.1. The van der Waals surface area contributed by atoms with E-state index in [2.05, 4.69) is 28.9 Å². The molecule has 2 aromatic rings. The number of hydrogen-bond donors (Lipinski definition) is 3. The third-order valence-corrected chi connectivity index (χ3v) is 6.51. The molecule has 1 spiro atoms. The molecule has 1 aliphatic heterocycles. The van der Waals surface area contributed by atoms with Crippen molar-refractivity contribution in [3.63, 3.8) is 0 Å². The lowest BCUT2D eigenvalue weighted by atomic mass is 9.71. The number of fused-ring (bicyclic) bond motifs is 1. The van der Waals surface area contributed by atoms with Crippen LogP contribution in [0.2, 0.25) is 0 Å². The Balaban J connectivity index is 1.52. The van der Waals surface area contributed by atoms with Gasteiger partial charge in [0.1, 0.15) is 5.60 Å². The van der Waals surface area contributed by atoms with E-state index in [-0.39, 0.29) is 12.2 Å². The molecular formula is C21H29N5O2. The molecule has 0 bridgehead atoms. The summed E-state index contributed by atoms with van der Waals surface area (Å²) in [6.45, 7) is 3.12. The van der Waals surface area contributed by atoms with Gasteiger partial charge in [0.2, 0.25) is 0 Å². The molecule has 7 heteroatoms. The fourth-order valence-corrected chi connectivity index (χ4v) is 4.93. The normalized spacial score (nSPS) is 27.6. The topological polar surface area (TPSA) is 84.2 Å². The Labute approximate surface area is 165 Å². The molecule has 2 aromatic heterocycles. The lowest BCUT2D eigenvalue weighted by Gasteiger charge is -2.40. The Morgan fingerprint density at radius 3 is 2.86 bits per heavy atom. The van der Waals surface area contributed by atoms with Crippen LogP contribution < -0.4 is 10.8 Å². The average molecular weight is 383 g/mol. The van der Waals surface area contributed by atoms with Crippen LogP contribution in [-0.4, -0.2) is 38.1 Å². The molecule has 2 aliphatic carbocycles. The first-order valence-corrected chi connectivity index (χ1v) is 10.6. The van der Waals surface area contributed by atoms with Crippen LogP contribution in [0.15, 0.2) is 18.5 Å². The lowest BCUT2D eigenvalue weighted by Crippen LogP contribution is -2.45. The summed E-state index contributed by atoms with van der Waals surface area (Å²) >= 11 is 0. The van der Waals surface area contributed by atoms with Crippen molar-refractivity contribution < 1.29 is 9.94 Å². The molecule has 7 nitrogen and oxygen atoms in total. The Kier molecular flexibility index (Phi) is 4.51. The maximum Gasteiger partial charge on any atom is 0.159 e. The Morgan fingerprint density at radius 1 is 1.29 bits per heavy atom. The summed E-state index contributed by atoms with van der Waals surface area (Å²) in [5.41, 5.74) is 6.89. The van der Waals surface area contributed by atoms with Crippen molar-refractivity contribution in [2.75, 3.05) is 11.9 Å². The quantitative estimate of drug-likeness (QED) is 0.735. The van der Waals surface area contributed by atoms with Crippen molar-refractivity contribution in [2.45, 2.75) is 70.1 Å². The van der Waals surface area contributed by atoms with Gasteiger partial charge in [-0.25, -0.2) is 9.67 Å². The standard InChI is InChI=1S/C21H29N5O2/c1-2-26-20-17(12-23-26)19(24-15-6-4-3-5-7-15)16(11-22-20)18-10-21(28-25-18)8-14(9-21)13-27/h10-12,14-15,25,27H,2-9,13H2,1H3,(H,22,24). The molecule has 28 heavy (non-hydrogen) atoms. The van der Waals surface area contributed by atoms with Crippen molar-refractivity contribution in [3.05, 3.63) is 24.0 Å². The molecule has 2 fully saturated rings. The minimum atomic E-state index is -0.284. The number of aliphatic hydroxyl groups excluding tert-OH is 1. The first-order chi connectivity index (χ1) is 13.7. The first-order valence-electron chi connectivity index (χ1n) is 10.6. The molecule has 0 radical (unpaired) electrons. The number of hydroxylamine groups is 1. The summed E-state index contributed by atoms with van der Waals surface area (Å²) in [6, 6.07) is 0.488. The third-order valence-electron chi connectivity index (χ3n) is 6.51. The molecule has 2 saturated carbocycles. The fraction of sp³-hybridized carbons (Fsp3) is 0.619. The van der Waals surface area contributed by atoms with Gasteiger partial charge in [-0.2, -0.15) is 5.10 Å². The molecule has 3 aliphatic rings. The average Bonchev–Trinajstić information content (AvgIpc) is 3.32. The van der Waals surface area contributed by atoms with E-state index in [1.165, 1.54) is 32.1 Å². The van der Waals surface area contributed by atoms with Gasteiger partial charge in [-0.15, -0.1) is 0 Å². The number of pyridine rings is 1.